The molecule has 2 aromatic heterocycles. The Labute approximate surface area is 126 Å². The zero-order valence-corrected chi connectivity index (χ0v) is 12.5. The molecular formula is C14H12Cl2N4. The van der Waals surface area contributed by atoms with Crippen molar-refractivity contribution in [2.24, 2.45) is 0 Å². The minimum Gasteiger partial charge on any atom is -0.328 e. The van der Waals surface area contributed by atoms with Gasteiger partial charge in [-0.2, -0.15) is 0 Å². The molecule has 0 saturated heterocycles. The van der Waals surface area contributed by atoms with Crippen LogP contribution in [0.4, 0.5) is 0 Å². The van der Waals surface area contributed by atoms with Gasteiger partial charge in [-0.25, -0.2) is 15.0 Å². The molecule has 2 heterocycles. The zero-order valence-electron chi connectivity index (χ0n) is 11.0. The Kier molecular flexibility index (Phi) is 3.36. The fourth-order valence-electron chi connectivity index (χ4n) is 2.13. The van der Waals surface area contributed by atoms with Crippen LogP contribution in [0.25, 0.3) is 22.3 Å². The summed E-state index contributed by atoms with van der Waals surface area (Å²) in [5.41, 5.74) is 3.52. The van der Waals surface area contributed by atoms with Crippen LogP contribution in [0.5, 0.6) is 0 Å². The van der Waals surface area contributed by atoms with E-state index in [4.69, 9.17) is 23.2 Å². The predicted octanol–water partition coefficient (Wildman–Crippen LogP) is 4.38. The predicted molar refractivity (Wildman–Crippen MR) is 81.2 cm³/mol. The summed E-state index contributed by atoms with van der Waals surface area (Å²) in [5, 5.41) is 0.659. The summed E-state index contributed by atoms with van der Waals surface area (Å²) in [5.74, 6) is 0. The minimum atomic E-state index is 0.182. The number of fused-ring (bicyclic) bond motifs is 1. The van der Waals surface area contributed by atoms with Gasteiger partial charge in [-0.05, 0) is 37.6 Å². The second-order valence-corrected chi connectivity index (χ2v) is 5.53. The van der Waals surface area contributed by atoms with E-state index in [9.17, 15) is 0 Å². The second kappa shape index (κ2) is 5.04. The van der Waals surface area contributed by atoms with E-state index in [0.29, 0.717) is 16.8 Å². The molecule has 0 N–H and O–H groups in total. The Hall–Kier alpha value is -1.65. The number of halogens is 2. The van der Waals surface area contributed by atoms with E-state index in [2.05, 4.69) is 33.4 Å². The lowest BCUT2D eigenvalue weighted by Crippen LogP contribution is -1.98. The highest BCUT2D eigenvalue weighted by Crippen LogP contribution is 2.29. The maximum atomic E-state index is 6.15. The fraction of sp³-hybridized carbons (Fsp3) is 0.214. The molecular weight excluding hydrogens is 295 g/mol. The molecule has 0 saturated carbocycles. The smallest absolute Gasteiger partial charge is 0.222 e. The van der Waals surface area contributed by atoms with Crippen molar-refractivity contribution in [2.75, 3.05) is 0 Å². The highest BCUT2D eigenvalue weighted by atomic mass is 35.5. The van der Waals surface area contributed by atoms with E-state index < -0.39 is 0 Å². The van der Waals surface area contributed by atoms with Gasteiger partial charge in [0.15, 0.2) is 0 Å². The van der Waals surface area contributed by atoms with Crippen molar-refractivity contribution in [3.05, 3.63) is 41.0 Å². The summed E-state index contributed by atoms with van der Waals surface area (Å²) in [4.78, 5) is 12.5. The average Bonchev–Trinajstić information content (AvgIpc) is 2.84. The van der Waals surface area contributed by atoms with Crippen molar-refractivity contribution in [2.45, 2.75) is 19.9 Å². The Morgan fingerprint density at radius 2 is 1.95 bits per heavy atom. The summed E-state index contributed by atoms with van der Waals surface area (Å²) in [7, 11) is 0. The molecule has 0 aliphatic carbocycles. The molecule has 0 spiro atoms. The van der Waals surface area contributed by atoms with Crippen molar-refractivity contribution < 1.29 is 0 Å². The topological polar surface area (TPSA) is 43.6 Å². The number of benzene rings is 1. The molecule has 0 radical (unpaired) electrons. The first kappa shape index (κ1) is 13.3. The summed E-state index contributed by atoms with van der Waals surface area (Å²) in [6.45, 7) is 4.23. The van der Waals surface area contributed by atoms with Gasteiger partial charge in [0.1, 0.15) is 0 Å². The number of imidazole rings is 1. The van der Waals surface area contributed by atoms with Gasteiger partial charge in [0, 0.05) is 11.6 Å². The number of nitrogens with zero attached hydrogens (tertiary/aromatic N) is 4. The van der Waals surface area contributed by atoms with Crippen LogP contribution in [0.15, 0.2) is 30.7 Å². The Morgan fingerprint density at radius 3 is 2.70 bits per heavy atom. The fourth-order valence-corrected chi connectivity index (χ4v) is 2.47. The van der Waals surface area contributed by atoms with E-state index in [0.717, 1.165) is 16.6 Å². The molecule has 20 heavy (non-hydrogen) atoms. The summed E-state index contributed by atoms with van der Waals surface area (Å²) < 4.78 is 2.11. The summed E-state index contributed by atoms with van der Waals surface area (Å²) in [6, 6.07) is 6.24. The van der Waals surface area contributed by atoms with E-state index in [1.165, 1.54) is 6.20 Å². The molecule has 1 aromatic carbocycles. The lowest BCUT2D eigenvalue weighted by atomic mass is 10.1. The monoisotopic (exact) mass is 306 g/mol. The van der Waals surface area contributed by atoms with E-state index in [1.807, 2.05) is 24.5 Å². The van der Waals surface area contributed by atoms with Gasteiger partial charge in [-0.3, -0.25) is 0 Å². The lowest BCUT2D eigenvalue weighted by Gasteiger charge is -2.09. The molecule has 0 unspecified atom stereocenters. The maximum absolute atomic E-state index is 6.15. The Bertz CT molecular complexity index is 780. The van der Waals surface area contributed by atoms with Gasteiger partial charge < -0.3 is 4.57 Å². The first-order valence-corrected chi connectivity index (χ1v) is 6.97. The Balaban J connectivity index is 2.21. The van der Waals surface area contributed by atoms with Crippen molar-refractivity contribution in [3.8, 4) is 11.3 Å². The molecule has 3 aromatic rings. The number of rotatable bonds is 2. The maximum Gasteiger partial charge on any atom is 0.222 e. The van der Waals surface area contributed by atoms with Gasteiger partial charge >= 0.3 is 0 Å². The Morgan fingerprint density at radius 1 is 1.15 bits per heavy atom. The van der Waals surface area contributed by atoms with E-state index in [-0.39, 0.29) is 5.28 Å². The van der Waals surface area contributed by atoms with Crippen LogP contribution in [0, 0.1) is 0 Å². The van der Waals surface area contributed by atoms with Crippen molar-refractivity contribution >= 4 is 34.2 Å². The third kappa shape index (κ3) is 2.25. The van der Waals surface area contributed by atoms with Gasteiger partial charge in [-0.1, -0.05) is 17.7 Å². The van der Waals surface area contributed by atoms with Crippen LogP contribution in [-0.4, -0.2) is 19.5 Å². The van der Waals surface area contributed by atoms with Gasteiger partial charge in [0.05, 0.1) is 34.3 Å². The molecule has 102 valence electrons. The van der Waals surface area contributed by atoms with Crippen molar-refractivity contribution in [3.63, 3.8) is 0 Å². The molecule has 0 bridgehead atoms. The van der Waals surface area contributed by atoms with Crippen LogP contribution in [0.1, 0.15) is 19.9 Å². The lowest BCUT2D eigenvalue weighted by molar-refractivity contribution is 0.617. The van der Waals surface area contributed by atoms with Crippen molar-refractivity contribution in [1.82, 2.24) is 19.5 Å². The largest absolute Gasteiger partial charge is 0.328 e. The van der Waals surface area contributed by atoms with Gasteiger partial charge in [0.2, 0.25) is 5.28 Å². The van der Waals surface area contributed by atoms with Crippen molar-refractivity contribution in [1.29, 1.82) is 0 Å². The van der Waals surface area contributed by atoms with Crippen LogP contribution in [0.2, 0.25) is 10.3 Å². The quantitative estimate of drug-likeness (QED) is 0.660. The molecule has 0 aliphatic rings. The first-order valence-electron chi connectivity index (χ1n) is 6.21. The average molecular weight is 307 g/mol. The van der Waals surface area contributed by atoms with E-state index in [1.54, 1.807) is 0 Å². The third-order valence-electron chi connectivity index (χ3n) is 3.12. The number of hydrogen-bond donors (Lipinski definition) is 0. The minimum absolute atomic E-state index is 0.182. The molecule has 0 atom stereocenters. The molecule has 0 amide bonds. The van der Waals surface area contributed by atoms with Crippen LogP contribution in [0.3, 0.4) is 0 Å². The highest BCUT2D eigenvalue weighted by Gasteiger charge is 2.11. The zero-order chi connectivity index (χ0) is 14.3. The highest BCUT2D eigenvalue weighted by molar-refractivity contribution is 6.33. The van der Waals surface area contributed by atoms with Crippen LogP contribution in [-0.2, 0) is 0 Å². The number of hydrogen-bond acceptors (Lipinski definition) is 3. The van der Waals surface area contributed by atoms with E-state index >= 15 is 0 Å². The molecule has 4 nitrogen and oxygen atoms in total. The standard InChI is InChI=1S/C14H12Cl2N4/c1-8(2)20-7-18-11-4-3-9(5-12(11)20)13-10(15)6-17-14(16)19-13/h3-8H,1-2H3. The van der Waals surface area contributed by atoms with Gasteiger partial charge in [0.25, 0.3) is 0 Å². The van der Waals surface area contributed by atoms with Crippen LogP contribution >= 0.6 is 23.2 Å². The van der Waals surface area contributed by atoms with Gasteiger partial charge in [-0.15, -0.1) is 0 Å². The first-order chi connectivity index (χ1) is 9.56. The molecule has 6 heteroatoms. The second-order valence-electron chi connectivity index (χ2n) is 4.78. The molecule has 0 fully saturated rings. The molecule has 3 rings (SSSR count). The summed E-state index contributed by atoms with van der Waals surface area (Å²) in [6.07, 6.45) is 3.35. The third-order valence-corrected chi connectivity index (χ3v) is 3.58. The summed E-state index contributed by atoms with van der Waals surface area (Å²) >= 11 is 12.0. The number of aromatic nitrogens is 4. The SMILES string of the molecule is CC(C)n1cnc2ccc(-c3nc(Cl)ncc3Cl)cc21. The normalized spacial score (nSPS) is 11.4. The van der Waals surface area contributed by atoms with Crippen LogP contribution < -0.4 is 0 Å². The molecule has 0 aliphatic heterocycles.